The number of aromatic nitrogens is 4. The van der Waals surface area contributed by atoms with Gasteiger partial charge in [0, 0.05) is 13.2 Å². The maximum atomic E-state index is 5.67. The van der Waals surface area contributed by atoms with Crippen molar-refractivity contribution in [3.05, 3.63) is 34.9 Å². The smallest absolute Gasteiger partial charge is 0.182 e. The van der Waals surface area contributed by atoms with Crippen molar-refractivity contribution < 1.29 is 4.74 Å². The van der Waals surface area contributed by atoms with Gasteiger partial charge in [0.05, 0.1) is 23.5 Å². The second-order valence-electron chi connectivity index (χ2n) is 4.84. The highest BCUT2D eigenvalue weighted by Gasteiger charge is 2.15. The molecule has 0 saturated carbocycles. The lowest BCUT2D eigenvalue weighted by molar-refractivity contribution is 0.343. The van der Waals surface area contributed by atoms with Crippen molar-refractivity contribution in [1.29, 1.82) is 0 Å². The van der Waals surface area contributed by atoms with E-state index in [1.807, 2.05) is 47.6 Å². The Hall–Kier alpha value is -2.08. The molecule has 0 spiro atoms. The first-order valence-electron chi connectivity index (χ1n) is 7.05. The molecule has 21 heavy (non-hydrogen) atoms. The molecule has 0 aliphatic heterocycles. The van der Waals surface area contributed by atoms with E-state index in [1.54, 1.807) is 0 Å². The number of imidazole rings is 1. The van der Waals surface area contributed by atoms with Crippen molar-refractivity contribution >= 4 is 23.3 Å². The fourth-order valence-corrected chi connectivity index (χ4v) is 2.88. The van der Waals surface area contributed by atoms with Crippen molar-refractivity contribution in [2.45, 2.75) is 20.3 Å². The molecule has 0 saturated heterocycles. The lowest BCUT2D eigenvalue weighted by Crippen LogP contribution is -1.97. The third-order valence-electron chi connectivity index (χ3n) is 3.44. The molecule has 2 heterocycles. The highest BCUT2D eigenvalue weighted by molar-refractivity contribution is 7.71. The summed E-state index contributed by atoms with van der Waals surface area (Å²) >= 11 is 5.51. The molecule has 0 aliphatic rings. The molecule has 2 aromatic heterocycles. The monoisotopic (exact) mass is 302 g/mol. The van der Waals surface area contributed by atoms with Gasteiger partial charge in [-0.25, -0.2) is 0 Å². The summed E-state index contributed by atoms with van der Waals surface area (Å²) in [7, 11) is 1.92. The highest BCUT2D eigenvalue weighted by atomic mass is 32.1. The van der Waals surface area contributed by atoms with Crippen LogP contribution in [0.1, 0.15) is 19.5 Å². The molecular formula is C15H18N4OS. The van der Waals surface area contributed by atoms with Gasteiger partial charge in [0.15, 0.2) is 4.77 Å². The number of fused-ring (bicyclic) bond motifs is 1. The van der Waals surface area contributed by atoms with E-state index in [4.69, 9.17) is 17.0 Å². The molecule has 0 fully saturated rings. The van der Waals surface area contributed by atoms with Crippen LogP contribution < -0.4 is 4.74 Å². The van der Waals surface area contributed by atoms with E-state index in [-0.39, 0.29) is 0 Å². The molecule has 0 bridgehead atoms. The third kappa shape index (κ3) is 2.25. The number of nitrogens with zero attached hydrogens (tertiary/aromatic N) is 3. The van der Waals surface area contributed by atoms with E-state index in [0.29, 0.717) is 11.4 Å². The van der Waals surface area contributed by atoms with Crippen molar-refractivity contribution in [3.63, 3.8) is 0 Å². The molecule has 0 radical (unpaired) electrons. The lowest BCUT2D eigenvalue weighted by atomic mass is 10.2. The molecule has 0 atom stereocenters. The minimum Gasteiger partial charge on any atom is -0.492 e. The standard InChI is InChI=1S/C15H18N4OS/c1-4-10-12(9-18(3)17-10)19-11-7-6-8-13(20-5-2)14(11)16-15(19)21/h6-9H,4-5H2,1-3H3,(H,16,21). The fraction of sp³-hybridized carbons (Fsp3) is 0.333. The zero-order chi connectivity index (χ0) is 15.0. The largest absolute Gasteiger partial charge is 0.492 e. The summed E-state index contributed by atoms with van der Waals surface area (Å²) in [4.78, 5) is 3.26. The minimum absolute atomic E-state index is 0.623. The van der Waals surface area contributed by atoms with Gasteiger partial charge >= 0.3 is 0 Å². The van der Waals surface area contributed by atoms with Crippen molar-refractivity contribution in [1.82, 2.24) is 19.3 Å². The number of aromatic amines is 1. The second kappa shape index (κ2) is 5.37. The average molecular weight is 302 g/mol. The Morgan fingerprint density at radius 1 is 1.33 bits per heavy atom. The Bertz CT molecular complexity index is 843. The van der Waals surface area contributed by atoms with Gasteiger partial charge in [0.1, 0.15) is 11.3 Å². The SMILES string of the molecule is CCOc1cccc2c1[nH]c(=S)n2-c1cn(C)nc1CC. The molecule has 1 N–H and O–H groups in total. The van der Waals surface area contributed by atoms with Crippen molar-refractivity contribution in [2.75, 3.05) is 6.61 Å². The maximum Gasteiger partial charge on any atom is 0.182 e. The number of hydrogen-bond donors (Lipinski definition) is 1. The minimum atomic E-state index is 0.623. The fourth-order valence-electron chi connectivity index (χ4n) is 2.58. The molecule has 0 aliphatic carbocycles. The van der Waals surface area contributed by atoms with Crippen LogP contribution in [-0.4, -0.2) is 25.9 Å². The molecule has 3 aromatic rings. The van der Waals surface area contributed by atoms with E-state index < -0.39 is 0 Å². The van der Waals surface area contributed by atoms with Gasteiger partial charge in [-0.05, 0) is 37.7 Å². The highest BCUT2D eigenvalue weighted by Crippen LogP contribution is 2.28. The third-order valence-corrected chi connectivity index (χ3v) is 3.72. The van der Waals surface area contributed by atoms with Crippen LogP contribution in [0.25, 0.3) is 16.7 Å². The topological polar surface area (TPSA) is 47.8 Å². The number of benzene rings is 1. The first kappa shape index (κ1) is 13.9. The summed E-state index contributed by atoms with van der Waals surface area (Å²) < 4.78 is 10.2. The van der Waals surface area contributed by atoms with Crippen molar-refractivity contribution in [3.8, 4) is 11.4 Å². The summed E-state index contributed by atoms with van der Waals surface area (Å²) in [6.45, 7) is 4.69. The molecule has 0 unspecified atom stereocenters. The average Bonchev–Trinajstić information content (AvgIpc) is 2.98. The van der Waals surface area contributed by atoms with E-state index in [2.05, 4.69) is 17.0 Å². The molecule has 3 rings (SSSR count). The second-order valence-corrected chi connectivity index (χ2v) is 5.22. The van der Waals surface area contributed by atoms with Gasteiger partial charge in [-0.3, -0.25) is 9.25 Å². The summed E-state index contributed by atoms with van der Waals surface area (Å²) in [5.41, 5.74) is 3.98. The zero-order valence-corrected chi connectivity index (χ0v) is 13.2. The molecule has 1 aromatic carbocycles. The Kier molecular flexibility index (Phi) is 3.55. The number of ether oxygens (including phenoxy) is 1. The predicted octanol–water partition coefficient (Wildman–Crippen LogP) is 3.38. The van der Waals surface area contributed by atoms with E-state index in [1.165, 1.54) is 0 Å². The molecule has 6 heteroatoms. The van der Waals surface area contributed by atoms with Gasteiger partial charge in [-0.2, -0.15) is 5.10 Å². The van der Waals surface area contributed by atoms with Crippen molar-refractivity contribution in [2.24, 2.45) is 7.05 Å². The van der Waals surface area contributed by atoms with E-state index in [0.717, 1.165) is 34.6 Å². The summed E-state index contributed by atoms with van der Waals surface area (Å²) in [5.74, 6) is 0.821. The Morgan fingerprint density at radius 3 is 2.86 bits per heavy atom. The van der Waals surface area contributed by atoms with Crippen LogP contribution in [0, 0.1) is 4.77 Å². The van der Waals surface area contributed by atoms with Gasteiger partial charge in [-0.15, -0.1) is 0 Å². The molecular weight excluding hydrogens is 284 g/mol. The molecule has 110 valence electrons. The van der Waals surface area contributed by atoms with Crippen LogP contribution in [0.4, 0.5) is 0 Å². The lowest BCUT2D eigenvalue weighted by Gasteiger charge is -2.06. The number of hydrogen-bond acceptors (Lipinski definition) is 3. The quantitative estimate of drug-likeness (QED) is 0.752. The van der Waals surface area contributed by atoms with Crippen LogP contribution in [0.15, 0.2) is 24.4 Å². The number of rotatable bonds is 4. The number of H-pyrrole nitrogens is 1. The maximum absolute atomic E-state index is 5.67. The zero-order valence-electron chi connectivity index (χ0n) is 12.4. The van der Waals surface area contributed by atoms with E-state index >= 15 is 0 Å². The van der Waals surface area contributed by atoms with Crippen LogP contribution >= 0.6 is 12.2 Å². The van der Waals surface area contributed by atoms with Crippen LogP contribution in [0.5, 0.6) is 5.75 Å². The summed E-state index contributed by atoms with van der Waals surface area (Å²) in [6, 6.07) is 5.97. The Labute approximate surface area is 128 Å². The van der Waals surface area contributed by atoms with Crippen LogP contribution in [-0.2, 0) is 13.5 Å². The normalized spacial score (nSPS) is 11.2. The predicted molar refractivity (Wildman–Crippen MR) is 85.8 cm³/mol. The van der Waals surface area contributed by atoms with Gasteiger partial charge < -0.3 is 9.72 Å². The first-order valence-corrected chi connectivity index (χ1v) is 7.46. The Morgan fingerprint density at radius 2 is 2.14 bits per heavy atom. The van der Waals surface area contributed by atoms with Gasteiger partial charge in [0.25, 0.3) is 0 Å². The summed E-state index contributed by atoms with van der Waals surface area (Å²) in [6.07, 6.45) is 2.85. The Balaban J connectivity index is 2.30. The summed E-state index contributed by atoms with van der Waals surface area (Å²) in [5, 5.41) is 4.50. The number of nitrogens with one attached hydrogen (secondary N) is 1. The van der Waals surface area contributed by atoms with Gasteiger partial charge in [0.2, 0.25) is 0 Å². The molecule has 0 amide bonds. The van der Waals surface area contributed by atoms with Crippen LogP contribution in [0.3, 0.4) is 0 Å². The number of aryl methyl sites for hydroxylation is 2. The van der Waals surface area contributed by atoms with E-state index in [9.17, 15) is 0 Å². The van der Waals surface area contributed by atoms with Crippen LogP contribution in [0.2, 0.25) is 0 Å². The number of para-hydroxylation sites is 1. The first-order chi connectivity index (χ1) is 10.2. The molecule has 5 nitrogen and oxygen atoms in total. The van der Waals surface area contributed by atoms with Gasteiger partial charge in [-0.1, -0.05) is 13.0 Å².